The first-order valence-corrected chi connectivity index (χ1v) is 5.12. The minimum atomic E-state index is 0.411. The van der Waals surface area contributed by atoms with E-state index in [1.807, 2.05) is 6.07 Å². The Bertz CT molecular complexity index is 294. The fraction of sp³-hybridized carbons (Fsp3) is 0.600. The molecule has 0 spiro atoms. The zero-order chi connectivity index (χ0) is 11.1. The average Bonchev–Trinajstić information content (AvgIpc) is 2.76. The lowest BCUT2D eigenvalue weighted by atomic mass is 10.3. The molecule has 2 N–H and O–H groups in total. The number of nitrogens with zero attached hydrogens (tertiary/aromatic N) is 2. The third-order valence-corrected chi connectivity index (χ3v) is 2.15. The molecule has 5 nitrogen and oxygen atoms in total. The van der Waals surface area contributed by atoms with E-state index >= 15 is 0 Å². The number of hydrogen-bond donors (Lipinski definition) is 2. The topological polar surface area (TPSA) is 62.5 Å². The molecule has 0 saturated carbocycles. The SMILES string of the molecule is CCC(C)NC(=NC)NCc1ccon1. The van der Waals surface area contributed by atoms with Crippen LogP contribution in [0, 0.1) is 0 Å². The first-order valence-electron chi connectivity index (χ1n) is 5.12. The van der Waals surface area contributed by atoms with Crippen molar-refractivity contribution in [3.8, 4) is 0 Å². The first-order chi connectivity index (χ1) is 7.26. The number of aliphatic imine (C=N–C) groups is 1. The van der Waals surface area contributed by atoms with Crippen molar-refractivity contribution in [1.82, 2.24) is 15.8 Å². The summed E-state index contributed by atoms with van der Waals surface area (Å²) in [6, 6.07) is 2.23. The molecular weight excluding hydrogens is 192 g/mol. The Morgan fingerprint density at radius 1 is 1.67 bits per heavy atom. The van der Waals surface area contributed by atoms with Crippen LogP contribution in [0.3, 0.4) is 0 Å². The van der Waals surface area contributed by atoms with Gasteiger partial charge in [-0.25, -0.2) is 0 Å². The van der Waals surface area contributed by atoms with Gasteiger partial charge in [-0.05, 0) is 13.3 Å². The summed E-state index contributed by atoms with van der Waals surface area (Å²) >= 11 is 0. The Morgan fingerprint density at radius 3 is 3.00 bits per heavy atom. The van der Waals surface area contributed by atoms with Crippen molar-refractivity contribution in [2.75, 3.05) is 7.05 Å². The van der Waals surface area contributed by atoms with Crippen molar-refractivity contribution >= 4 is 5.96 Å². The lowest BCUT2D eigenvalue weighted by molar-refractivity contribution is 0.410. The van der Waals surface area contributed by atoms with Gasteiger partial charge in [-0.1, -0.05) is 12.1 Å². The van der Waals surface area contributed by atoms with Crippen molar-refractivity contribution in [1.29, 1.82) is 0 Å². The van der Waals surface area contributed by atoms with Crippen LogP contribution in [0.4, 0.5) is 0 Å². The van der Waals surface area contributed by atoms with Crippen LogP contribution >= 0.6 is 0 Å². The summed E-state index contributed by atoms with van der Waals surface area (Å²) in [4.78, 5) is 4.11. The van der Waals surface area contributed by atoms with Crippen LogP contribution in [0.25, 0.3) is 0 Å². The van der Waals surface area contributed by atoms with Gasteiger partial charge in [0.15, 0.2) is 5.96 Å². The number of aromatic nitrogens is 1. The monoisotopic (exact) mass is 210 g/mol. The van der Waals surface area contributed by atoms with Crippen LogP contribution in [-0.2, 0) is 6.54 Å². The second kappa shape index (κ2) is 6.06. The Morgan fingerprint density at radius 2 is 2.47 bits per heavy atom. The second-order valence-corrected chi connectivity index (χ2v) is 3.37. The quantitative estimate of drug-likeness (QED) is 0.578. The molecule has 0 aliphatic carbocycles. The number of guanidine groups is 1. The zero-order valence-corrected chi connectivity index (χ0v) is 9.45. The summed E-state index contributed by atoms with van der Waals surface area (Å²) in [6.07, 6.45) is 2.62. The molecule has 15 heavy (non-hydrogen) atoms. The van der Waals surface area contributed by atoms with Crippen molar-refractivity contribution in [2.45, 2.75) is 32.9 Å². The van der Waals surface area contributed by atoms with E-state index < -0.39 is 0 Å². The first kappa shape index (κ1) is 11.6. The maximum atomic E-state index is 4.73. The van der Waals surface area contributed by atoms with E-state index in [1.54, 1.807) is 13.3 Å². The van der Waals surface area contributed by atoms with Gasteiger partial charge >= 0.3 is 0 Å². The van der Waals surface area contributed by atoms with Gasteiger partial charge < -0.3 is 15.2 Å². The van der Waals surface area contributed by atoms with E-state index in [0.29, 0.717) is 12.6 Å². The molecule has 5 heteroatoms. The summed E-state index contributed by atoms with van der Waals surface area (Å²) < 4.78 is 4.73. The number of hydrogen-bond acceptors (Lipinski definition) is 3. The Balaban J connectivity index is 2.35. The number of rotatable bonds is 4. The van der Waals surface area contributed by atoms with Gasteiger partial charge in [0, 0.05) is 19.2 Å². The Kier molecular flexibility index (Phi) is 4.66. The van der Waals surface area contributed by atoms with Crippen LogP contribution in [0.1, 0.15) is 26.0 Å². The summed E-state index contributed by atoms with van der Waals surface area (Å²) in [7, 11) is 1.75. The standard InChI is InChI=1S/C10H18N4O/c1-4-8(2)13-10(11-3)12-7-9-5-6-15-14-9/h5-6,8H,4,7H2,1-3H3,(H2,11,12,13). The van der Waals surface area contributed by atoms with E-state index in [9.17, 15) is 0 Å². The van der Waals surface area contributed by atoms with Gasteiger partial charge in [0.05, 0.1) is 6.54 Å². The van der Waals surface area contributed by atoms with E-state index in [0.717, 1.165) is 18.1 Å². The predicted octanol–water partition coefficient (Wildman–Crippen LogP) is 1.14. The molecule has 1 unspecified atom stereocenters. The maximum absolute atomic E-state index is 4.73. The molecule has 0 bridgehead atoms. The van der Waals surface area contributed by atoms with Crippen molar-refractivity contribution < 1.29 is 4.52 Å². The molecule has 0 aromatic carbocycles. The van der Waals surface area contributed by atoms with Crippen LogP contribution in [0.2, 0.25) is 0 Å². The largest absolute Gasteiger partial charge is 0.364 e. The fourth-order valence-electron chi connectivity index (χ4n) is 1.03. The Hall–Kier alpha value is -1.52. The highest BCUT2D eigenvalue weighted by Gasteiger charge is 2.03. The lowest BCUT2D eigenvalue weighted by Crippen LogP contribution is -2.41. The summed E-state index contributed by atoms with van der Waals surface area (Å²) in [5.74, 6) is 0.785. The molecule has 1 rings (SSSR count). The molecule has 0 fully saturated rings. The van der Waals surface area contributed by atoms with Crippen LogP contribution in [0.15, 0.2) is 21.8 Å². The molecule has 0 aliphatic heterocycles. The molecule has 84 valence electrons. The maximum Gasteiger partial charge on any atom is 0.191 e. The smallest absolute Gasteiger partial charge is 0.191 e. The normalized spacial score (nSPS) is 13.7. The molecule has 1 aromatic heterocycles. The molecule has 0 radical (unpaired) electrons. The average molecular weight is 210 g/mol. The van der Waals surface area contributed by atoms with Crippen molar-refractivity contribution in [2.24, 2.45) is 4.99 Å². The molecule has 0 saturated heterocycles. The van der Waals surface area contributed by atoms with Gasteiger partial charge in [-0.15, -0.1) is 0 Å². The van der Waals surface area contributed by atoms with Crippen molar-refractivity contribution in [3.05, 3.63) is 18.0 Å². The highest BCUT2D eigenvalue weighted by atomic mass is 16.5. The van der Waals surface area contributed by atoms with E-state index in [4.69, 9.17) is 4.52 Å². The fourth-order valence-corrected chi connectivity index (χ4v) is 1.03. The summed E-state index contributed by atoms with van der Waals surface area (Å²) in [5.41, 5.74) is 0.863. The summed E-state index contributed by atoms with van der Waals surface area (Å²) in [5, 5.41) is 10.2. The number of nitrogens with one attached hydrogen (secondary N) is 2. The van der Waals surface area contributed by atoms with E-state index in [2.05, 4.69) is 34.6 Å². The molecular formula is C10H18N4O. The van der Waals surface area contributed by atoms with Crippen LogP contribution in [-0.4, -0.2) is 24.2 Å². The predicted molar refractivity (Wildman–Crippen MR) is 59.6 cm³/mol. The van der Waals surface area contributed by atoms with Gasteiger partial charge in [0.1, 0.15) is 12.0 Å². The molecule has 0 amide bonds. The third-order valence-electron chi connectivity index (χ3n) is 2.15. The summed E-state index contributed by atoms with van der Waals surface area (Å²) in [6.45, 7) is 4.86. The molecule has 0 aliphatic rings. The van der Waals surface area contributed by atoms with Gasteiger partial charge in [0.2, 0.25) is 0 Å². The molecule has 1 heterocycles. The Labute approximate surface area is 89.9 Å². The van der Waals surface area contributed by atoms with Gasteiger partial charge in [0.25, 0.3) is 0 Å². The van der Waals surface area contributed by atoms with E-state index in [-0.39, 0.29) is 0 Å². The molecule has 1 atom stereocenters. The second-order valence-electron chi connectivity index (χ2n) is 3.37. The van der Waals surface area contributed by atoms with E-state index in [1.165, 1.54) is 0 Å². The minimum Gasteiger partial charge on any atom is -0.364 e. The zero-order valence-electron chi connectivity index (χ0n) is 9.45. The highest BCUT2D eigenvalue weighted by Crippen LogP contribution is 1.93. The molecule has 1 aromatic rings. The van der Waals surface area contributed by atoms with Gasteiger partial charge in [-0.2, -0.15) is 0 Å². The third kappa shape index (κ3) is 4.01. The van der Waals surface area contributed by atoms with Crippen LogP contribution in [0.5, 0.6) is 0 Å². The van der Waals surface area contributed by atoms with Gasteiger partial charge in [-0.3, -0.25) is 4.99 Å². The highest BCUT2D eigenvalue weighted by molar-refractivity contribution is 5.79. The van der Waals surface area contributed by atoms with Crippen LogP contribution < -0.4 is 10.6 Å². The van der Waals surface area contributed by atoms with Crippen molar-refractivity contribution in [3.63, 3.8) is 0 Å². The lowest BCUT2D eigenvalue weighted by Gasteiger charge is -2.15. The minimum absolute atomic E-state index is 0.411.